The first-order valence-electron chi connectivity index (χ1n) is 12.1. The van der Waals surface area contributed by atoms with E-state index in [1.165, 1.54) is 0 Å². The molecule has 0 aromatic carbocycles. The first-order valence-corrected chi connectivity index (χ1v) is 12.1. The fraction of sp³-hybridized carbons (Fsp3) is 0.630. The number of ether oxygens (including phenoxy) is 1. The van der Waals surface area contributed by atoms with Gasteiger partial charge in [0.15, 0.2) is 5.78 Å². The van der Waals surface area contributed by atoms with Crippen LogP contribution in [0, 0.1) is 29.1 Å². The number of allylic oxidation sites excluding steroid dienone is 6. The Bertz CT molecular complexity index is 870. The van der Waals surface area contributed by atoms with Crippen molar-refractivity contribution in [3.05, 3.63) is 47.3 Å². The fourth-order valence-corrected chi connectivity index (χ4v) is 5.66. The van der Waals surface area contributed by atoms with Gasteiger partial charge >= 0.3 is 5.97 Å². The molecule has 5 N–H and O–H groups in total. The standard InChI is InChI=1S/C27H41NO6/c1-16-11-12-21-19(13-16)14-17(2)20(10-8-6-7-9-18(3)30)27(21,4)25(32)23(26(33)34-5)24(31)22(28)15-29/h6-8,10,14,16,18-22,29-30,32H,9,11-13,15,28H2,1-5H3/b7-6+,10-8+,25-23+. The number of aliphatic hydroxyl groups excluding tert-OH is 3. The highest BCUT2D eigenvalue weighted by Gasteiger charge is 2.53. The van der Waals surface area contributed by atoms with E-state index < -0.39 is 41.5 Å². The van der Waals surface area contributed by atoms with Crippen LogP contribution in [0.2, 0.25) is 0 Å². The Balaban J connectivity index is 2.68. The fourth-order valence-electron chi connectivity index (χ4n) is 5.66. The van der Waals surface area contributed by atoms with Gasteiger partial charge in [0, 0.05) is 11.3 Å². The lowest BCUT2D eigenvalue weighted by atomic mass is 9.52. The summed E-state index contributed by atoms with van der Waals surface area (Å²) in [7, 11) is 1.15. The molecule has 0 heterocycles. The van der Waals surface area contributed by atoms with E-state index in [1.807, 2.05) is 38.2 Å². The number of methoxy groups -OCH3 is 1. The van der Waals surface area contributed by atoms with Gasteiger partial charge in [-0.1, -0.05) is 56.2 Å². The van der Waals surface area contributed by atoms with Gasteiger partial charge in [0.1, 0.15) is 11.3 Å². The molecule has 7 atom stereocenters. The minimum atomic E-state index is -1.33. The molecule has 1 saturated carbocycles. The number of ketones is 1. The lowest BCUT2D eigenvalue weighted by molar-refractivity contribution is -0.138. The summed E-state index contributed by atoms with van der Waals surface area (Å²) < 4.78 is 4.85. The molecule has 0 spiro atoms. The second kappa shape index (κ2) is 12.0. The molecular formula is C27H41NO6. The highest BCUT2D eigenvalue weighted by molar-refractivity contribution is 6.19. The number of carbonyl (C=O) groups excluding carboxylic acids is 2. The molecule has 34 heavy (non-hydrogen) atoms. The van der Waals surface area contributed by atoms with Crippen molar-refractivity contribution in [1.29, 1.82) is 0 Å². The van der Waals surface area contributed by atoms with Gasteiger partial charge in [0.05, 0.1) is 25.9 Å². The zero-order chi connectivity index (χ0) is 25.6. The molecule has 0 aliphatic heterocycles. The first-order chi connectivity index (χ1) is 16.0. The van der Waals surface area contributed by atoms with Gasteiger partial charge in [-0.15, -0.1) is 0 Å². The largest absolute Gasteiger partial charge is 0.511 e. The third kappa shape index (κ3) is 5.88. The Kier molecular flexibility index (Phi) is 9.85. The summed E-state index contributed by atoms with van der Waals surface area (Å²) in [6.45, 7) is 7.20. The van der Waals surface area contributed by atoms with Gasteiger partial charge in [-0.25, -0.2) is 4.79 Å². The topological polar surface area (TPSA) is 130 Å². The number of aliphatic hydroxyl groups is 3. The lowest BCUT2D eigenvalue weighted by Gasteiger charge is -2.52. The van der Waals surface area contributed by atoms with E-state index in [-0.39, 0.29) is 23.5 Å². The first kappa shape index (κ1) is 28.0. The number of fused-ring (bicyclic) bond motifs is 1. The van der Waals surface area contributed by atoms with Crippen molar-refractivity contribution in [3.63, 3.8) is 0 Å². The molecule has 2 aliphatic carbocycles. The maximum atomic E-state index is 13.0. The highest BCUT2D eigenvalue weighted by Crippen LogP contribution is 2.57. The third-order valence-electron chi connectivity index (χ3n) is 7.49. The van der Waals surface area contributed by atoms with Crippen molar-refractivity contribution >= 4 is 11.8 Å². The summed E-state index contributed by atoms with van der Waals surface area (Å²) in [6.07, 6.45) is 12.7. The minimum absolute atomic E-state index is 0.00120. The van der Waals surface area contributed by atoms with Gasteiger partial charge in [-0.2, -0.15) is 0 Å². The predicted molar refractivity (Wildman–Crippen MR) is 132 cm³/mol. The Morgan fingerprint density at radius 1 is 1.32 bits per heavy atom. The van der Waals surface area contributed by atoms with E-state index in [1.54, 1.807) is 6.92 Å². The summed E-state index contributed by atoms with van der Waals surface area (Å²) in [6, 6.07) is -1.33. The molecule has 0 saturated heterocycles. The summed E-state index contributed by atoms with van der Waals surface area (Å²) in [5.74, 6) is -1.65. The molecule has 0 amide bonds. The Labute approximate surface area is 203 Å². The quantitative estimate of drug-likeness (QED) is 0.0765. The van der Waals surface area contributed by atoms with Crippen LogP contribution in [0.3, 0.4) is 0 Å². The molecule has 1 fully saturated rings. The average Bonchev–Trinajstić information content (AvgIpc) is 2.79. The second-order valence-corrected chi connectivity index (χ2v) is 10.1. The number of hydrogen-bond donors (Lipinski definition) is 4. The van der Waals surface area contributed by atoms with Gasteiger partial charge in [-0.05, 0) is 50.9 Å². The van der Waals surface area contributed by atoms with Crippen molar-refractivity contribution in [2.75, 3.05) is 13.7 Å². The highest BCUT2D eigenvalue weighted by atomic mass is 16.5. The molecule has 7 nitrogen and oxygen atoms in total. The summed E-state index contributed by atoms with van der Waals surface area (Å²) >= 11 is 0. The molecule has 190 valence electrons. The summed E-state index contributed by atoms with van der Waals surface area (Å²) in [4.78, 5) is 25.7. The molecule has 0 aromatic heterocycles. The molecule has 7 unspecified atom stereocenters. The van der Waals surface area contributed by atoms with Crippen molar-refractivity contribution < 1.29 is 29.6 Å². The Hall–Kier alpha value is -2.22. The molecule has 0 bridgehead atoms. The number of Topliss-reactive ketones (excluding diaryl/α,β-unsaturated/α-hetero) is 1. The molecule has 0 radical (unpaired) electrons. The normalized spacial score (nSPS) is 32.1. The van der Waals surface area contributed by atoms with Crippen LogP contribution in [-0.4, -0.2) is 52.9 Å². The van der Waals surface area contributed by atoms with Crippen molar-refractivity contribution in [2.45, 2.75) is 65.5 Å². The summed E-state index contributed by atoms with van der Waals surface area (Å²) in [5, 5.41) is 30.6. The van der Waals surface area contributed by atoms with Crippen LogP contribution in [-0.2, 0) is 14.3 Å². The number of nitrogens with two attached hydrogens (primary N) is 1. The van der Waals surface area contributed by atoms with E-state index in [9.17, 15) is 24.9 Å². The smallest absolute Gasteiger partial charge is 0.345 e. The SMILES string of the molecule is COC(=O)/C(C(=O)C(N)CO)=C(/O)C1(C)C(/C=C/C=C/CC(C)O)C(C)=CC2CC(C)CCC21. The van der Waals surface area contributed by atoms with E-state index in [0.29, 0.717) is 12.3 Å². The second-order valence-electron chi connectivity index (χ2n) is 10.1. The average molecular weight is 476 g/mol. The molecule has 2 aliphatic rings. The maximum absolute atomic E-state index is 13.0. The van der Waals surface area contributed by atoms with Crippen molar-refractivity contribution in [2.24, 2.45) is 34.8 Å². The molecule has 2 rings (SSSR count). The van der Waals surface area contributed by atoms with E-state index in [4.69, 9.17) is 10.5 Å². The number of esters is 1. The van der Waals surface area contributed by atoms with E-state index >= 15 is 0 Å². The molecular weight excluding hydrogens is 434 g/mol. The van der Waals surface area contributed by atoms with Gasteiger partial charge in [0.25, 0.3) is 0 Å². The van der Waals surface area contributed by atoms with Gasteiger partial charge < -0.3 is 25.8 Å². The molecule has 0 aromatic rings. The third-order valence-corrected chi connectivity index (χ3v) is 7.49. The lowest BCUT2D eigenvalue weighted by Crippen LogP contribution is -2.48. The van der Waals surface area contributed by atoms with Crippen LogP contribution in [0.5, 0.6) is 0 Å². The van der Waals surface area contributed by atoms with Crippen molar-refractivity contribution in [3.8, 4) is 0 Å². The van der Waals surface area contributed by atoms with E-state index in [0.717, 1.165) is 31.9 Å². The van der Waals surface area contributed by atoms with Crippen molar-refractivity contribution in [1.82, 2.24) is 0 Å². The van der Waals surface area contributed by atoms with Crippen LogP contribution in [0.15, 0.2) is 47.3 Å². The van der Waals surface area contributed by atoms with Gasteiger partial charge in [-0.3, -0.25) is 4.79 Å². The van der Waals surface area contributed by atoms with Gasteiger partial charge in [0.2, 0.25) is 0 Å². The van der Waals surface area contributed by atoms with Crippen LogP contribution in [0.1, 0.15) is 53.4 Å². The van der Waals surface area contributed by atoms with Crippen LogP contribution in [0.4, 0.5) is 0 Å². The minimum Gasteiger partial charge on any atom is -0.511 e. The summed E-state index contributed by atoms with van der Waals surface area (Å²) in [5.41, 5.74) is 5.38. The number of hydrogen-bond acceptors (Lipinski definition) is 7. The number of rotatable bonds is 9. The Morgan fingerprint density at radius 2 is 2.00 bits per heavy atom. The monoisotopic (exact) mass is 475 g/mol. The molecule has 7 heteroatoms. The zero-order valence-electron chi connectivity index (χ0n) is 21.0. The zero-order valence-corrected chi connectivity index (χ0v) is 21.0. The maximum Gasteiger partial charge on any atom is 0.345 e. The van der Waals surface area contributed by atoms with Crippen LogP contribution >= 0.6 is 0 Å². The number of carbonyl (C=O) groups is 2. The predicted octanol–water partition coefficient (Wildman–Crippen LogP) is 3.38. The van der Waals surface area contributed by atoms with E-state index in [2.05, 4.69) is 13.0 Å². The van der Waals surface area contributed by atoms with Crippen LogP contribution < -0.4 is 5.73 Å². The Morgan fingerprint density at radius 3 is 2.59 bits per heavy atom. The van der Waals surface area contributed by atoms with Crippen LogP contribution in [0.25, 0.3) is 0 Å².